The van der Waals surface area contributed by atoms with Gasteiger partial charge in [-0.05, 0) is 49.7 Å². The van der Waals surface area contributed by atoms with E-state index in [2.05, 4.69) is 30.2 Å². The number of anilines is 1. The number of carboxylic acids is 1. The molecule has 4 heterocycles. The van der Waals surface area contributed by atoms with Gasteiger partial charge >= 0.3 is 5.97 Å². The minimum Gasteiger partial charge on any atom is -0.481 e. The first kappa shape index (κ1) is 21.0. The Labute approximate surface area is 198 Å². The molecule has 4 aromatic rings. The molecule has 3 aliphatic carbocycles. The molecule has 34 heavy (non-hydrogen) atoms. The van der Waals surface area contributed by atoms with Crippen LogP contribution in [0.3, 0.4) is 0 Å². The SMILES string of the molecule is O=C(O)[C@@H]1C2CCC(CC2)[C@H]1Nc1nc(-c2c[nH]c3ncc(Cl)nc23)nc(-n2cccc2)c1F. The Balaban J connectivity index is 1.49. The summed E-state index contributed by atoms with van der Waals surface area (Å²) in [4.78, 5) is 32.7. The summed E-state index contributed by atoms with van der Waals surface area (Å²) < 4.78 is 17.3. The maximum atomic E-state index is 15.7. The fraction of sp³-hybridized carbons (Fsp3) is 0.348. The van der Waals surface area contributed by atoms with Crippen molar-refractivity contribution >= 4 is 34.6 Å². The van der Waals surface area contributed by atoms with Crippen LogP contribution in [0.5, 0.6) is 0 Å². The molecule has 0 spiro atoms. The lowest BCUT2D eigenvalue weighted by molar-refractivity contribution is -0.148. The number of aromatic amines is 1. The molecule has 174 valence electrons. The number of carboxylic acid groups (broad SMARTS) is 1. The van der Waals surface area contributed by atoms with Gasteiger partial charge in [0.2, 0.25) is 5.82 Å². The number of carbonyl (C=O) groups is 1. The van der Waals surface area contributed by atoms with Crippen LogP contribution in [0.2, 0.25) is 5.15 Å². The van der Waals surface area contributed by atoms with Crippen molar-refractivity contribution in [2.24, 2.45) is 17.8 Å². The fourth-order valence-electron chi connectivity index (χ4n) is 5.51. The molecule has 3 saturated carbocycles. The number of rotatable bonds is 5. The molecule has 7 rings (SSSR count). The Morgan fingerprint density at radius 3 is 2.62 bits per heavy atom. The van der Waals surface area contributed by atoms with Crippen molar-refractivity contribution in [3.63, 3.8) is 0 Å². The number of aliphatic carboxylic acids is 1. The number of fused-ring (bicyclic) bond motifs is 4. The van der Waals surface area contributed by atoms with Crippen LogP contribution in [-0.4, -0.2) is 46.6 Å². The Hall–Kier alpha value is -3.53. The number of halogens is 2. The summed E-state index contributed by atoms with van der Waals surface area (Å²) in [5, 5.41) is 13.3. The highest BCUT2D eigenvalue weighted by Crippen LogP contribution is 2.46. The molecule has 2 atom stereocenters. The highest BCUT2D eigenvalue weighted by atomic mass is 35.5. The van der Waals surface area contributed by atoms with Gasteiger partial charge in [-0.1, -0.05) is 11.6 Å². The number of nitrogens with one attached hydrogen (secondary N) is 2. The second-order valence-electron chi connectivity index (χ2n) is 8.93. The van der Waals surface area contributed by atoms with Gasteiger partial charge in [-0.2, -0.15) is 4.39 Å². The van der Waals surface area contributed by atoms with Gasteiger partial charge in [0.15, 0.2) is 23.1 Å². The maximum Gasteiger partial charge on any atom is 0.308 e. The van der Waals surface area contributed by atoms with Crippen LogP contribution in [0.1, 0.15) is 25.7 Å². The summed E-state index contributed by atoms with van der Waals surface area (Å²) in [5.74, 6) is -1.60. The second kappa shape index (κ2) is 8.05. The van der Waals surface area contributed by atoms with E-state index >= 15 is 4.39 Å². The zero-order valence-corrected chi connectivity index (χ0v) is 18.7. The lowest BCUT2D eigenvalue weighted by atomic mass is 9.61. The van der Waals surface area contributed by atoms with Gasteiger partial charge in [-0.15, -0.1) is 0 Å². The van der Waals surface area contributed by atoms with Gasteiger partial charge in [0.05, 0.1) is 17.7 Å². The van der Waals surface area contributed by atoms with Crippen LogP contribution in [-0.2, 0) is 4.79 Å². The number of aromatic nitrogens is 6. The topological polar surface area (TPSA) is 122 Å². The first-order valence-electron chi connectivity index (χ1n) is 11.2. The Bertz CT molecular complexity index is 1380. The summed E-state index contributed by atoms with van der Waals surface area (Å²) in [6, 6.07) is 3.13. The van der Waals surface area contributed by atoms with Crippen molar-refractivity contribution in [1.82, 2.24) is 29.5 Å². The molecule has 0 amide bonds. The monoisotopic (exact) mass is 481 g/mol. The predicted octanol–water partition coefficient (Wildman–Crippen LogP) is 4.30. The van der Waals surface area contributed by atoms with E-state index in [1.807, 2.05) is 0 Å². The van der Waals surface area contributed by atoms with Crippen molar-refractivity contribution < 1.29 is 14.3 Å². The summed E-state index contributed by atoms with van der Waals surface area (Å²) in [6.45, 7) is 0. The normalized spacial score (nSPS) is 23.9. The number of hydrogen-bond donors (Lipinski definition) is 3. The highest BCUT2D eigenvalue weighted by molar-refractivity contribution is 6.29. The minimum absolute atomic E-state index is 0.0261. The van der Waals surface area contributed by atoms with Crippen molar-refractivity contribution in [2.75, 3.05) is 5.32 Å². The average molecular weight is 482 g/mol. The summed E-state index contributed by atoms with van der Waals surface area (Å²) in [7, 11) is 0. The van der Waals surface area contributed by atoms with Crippen LogP contribution < -0.4 is 5.32 Å². The van der Waals surface area contributed by atoms with E-state index in [4.69, 9.17) is 11.6 Å². The first-order chi connectivity index (χ1) is 16.5. The third-order valence-electron chi connectivity index (χ3n) is 7.08. The quantitative estimate of drug-likeness (QED) is 0.388. The molecule has 3 fully saturated rings. The zero-order valence-electron chi connectivity index (χ0n) is 17.9. The van der Waals surface area contributed by atoms with E-state index in [0.29, 0.717) is 16.7 Å². The van der Waals surface area contributed by atoms with Crippen LogP contribution in [0.4, 0.5) is 10.2 Å². The largest absolute Gasteiger partial charge is 0.481 e. The molecule has 0 unspecified atom stereocenters. The average Bonchev–Trinajstić information content (AvgIpc) is 3.51. The van der Waals surface area contributed by atoms with Gasteiger partial charge < -0.3 is 20.0 Å². The molecule has 11 heteroatoms. The van der Waals surface area contributed by atoms with Gasteiger partial charge in [0.25, 0.3) is 0 Å². The van der Waals surface area contributed by atoms with Crippen LogP contribution in [0.15, 0.2) is 36.9 Å². The highest BCUT2D eigenvalue weighted by Gasteiger charge is 2.47. The molecule has 3 N–H and O–H groups in total. The van der Waals surface area contributed by atoms with E-state index < -0.39 is 23.7 Å². The number of hydrogen-bond acceptors (Lipinski definition) is 6. The van der Waals surface area contributed by atoms with Crippen molar-refractivity contribution in [1.29, 1.82) is 0 Å². The molecule has 0 saturated heterocycles. The van der Waals surface area contributed by atoms with Crippen molar-refractivity contribution in [2.45, 2.75) is 31.7 Å². The van der Waals surface area contributed by atoms with E-state index in [1.165, 1.54) is 6.20 Å². The lowest BCUT2D eigenvalue weighted by Crippen LogP contribution is -2.51. The summed E-state index contributed by atoms with van der Waals surface area (Å²) in [5.41, 5.74) is 1.48. The van der Waals surface area contributed by atoms with Gasteiger partial charge in [0.1, 0.15) is 10.7 Å². The summed E-state index contributed by atoms with van der Waals surface area (Å²) in [6.07, 6.45) is 10.1. The molecule has 4 aromatic heterocycles. The minimum atomic E-state index is -0.853. The molecular weight excluding hydrogens is 461 g/mol. The van der Waals surface area contributed by atoms with Gasteiger partial charge in [-0.3, -0.25) is 4.79 Å². The second-order valence-corrected chi connectivity index (χ2v) is 9.31. The molecule has 0 aromatic carbocycles. The zero-order chi connectivity index (χ0) is 23.4. The number of H-pyrrole nitrogens is 1. The van der Waals surface area contributed by atoms with Crippen LogP contribution in [0, 0.1) is 23.6 Å². The molecule has 9 nitrogen and oxygen atoms in total. The van der Waals surface area contributed by atoms with E-state index in [9.17, 15) is 9.90 Å². The standard InChI is InChI=1S/C23H21ClFN7O2/c24-14-10-27-21-18(28-14)13(9-26-21)19-30-20(16(25)22(31-19)32-7-1-2-8-32)29-17-12-5-3-11(4-6-12)15(17)23(33)34/h1-2,7-12,15,17H,3-6H2,(H,26,27)(H,33,34)(H,29,30,31)/t11?,12?,15-,17-/m1/s1. The van der Waals surface area contributed by atoms with Gasteiger partial charge in [-0.25, -0.2) is 19.9 Å². The predicted molar refractivity (Wildman–Crippen MR) is 123 cm³/mol. The molecule has 3 aliphatic rings. The smallest absolute Gasteiger partial charge is 0.308 e. The lowest BCUT2D eigenvalue weighted by Gasteiger charge is -2.47. The Morgan fingerprint density at radius 2 is 1.88 bits per heavy atom. The third kappa shape index (κ3) is 3.40. The summed E-state index contributed by atoms with van der Waals surface area (Å²) >= 11 is 6.05. The van der Waals surface area contributed by atoms with E-state index in [0.717, 1.165) is 25.7 Å². The Morgan fingerprint density at radius 1 is 1.15 bits per heavy atom. The van der Waals surface area contributed by atoms with Crippen LogP contribution in [0.25, 0.3) is 28.4 Å². The van der Waals surface area contributed by atoms with E-state index in [1.54, 1.807) is 35.3 Å². The molecular formula is C23H21ClFN7O2. The van der Waals surface area contributed by atoms with Gasteiger partial charge in [0, 0.05) is 24.6 Å². The number of nitrogens with zero attached hydrogens (tertiary/aromatic N) is 5. The van der Waals surface area contributed by atoms with Crippen LogP contribution >= 0.6 is 11.6 Å². The molecule has 2 bridgehead atoms. The Kier molecular flexibility index (Phi) is 4.98. The third-order valence-corrected chi connectivity index (χ3v) is 7.26. The molecule has 0 radical (unpaired) electrons. The fourth-order valence-corrected chi connectivity index (χ4v) is 5.64. The first-order valence-corrected chi connectivity index (χ1v) is 11.6. The van der Waals surface area contributed by atoms with Crippen molar-refractivity contribution in [3.8, 4) is 17.2 Å². The molecule has 0 aliphatic heterocycles. The van der Waals surface area contributed by atoms with E-state index in [-0.39, 0.29) is 34.4 Å². The maximum absolute atomic E-state index is 15.7. The van der Waals surface area contributed by atoms with Crippen molar-refractivity contribution in [3.05, 3.63) is 47.9 Å².